The van der Waals surface area contributed by atoms with Crippen molar-refractivity contribution in [3.8, 4) is 0 Å². The second-order valence-corrected chi connectivity index (χ2v) is 6.30. The fourth-order valence-electron chi connectivity index (χ4n) is 1.43. The van der Waals surface area contributed by atoms with E-state index in [2.05, 4.69) is 20.9 Å². The maximum Gasteiger partial charge on any atom is 0.262 e. The quantitative estimate of drug-likeness (QED) is 0.877. The van der Waals surface area contributed by atoms with Crippen molar-refractivity contribution in [1.82, 2.24) is 4.98 Å². The Bertz CT molecular complexity index is 745. The number of halogens is 3. The summed E-state index contributed by atoms with van der Waals surface area (Å²) in [7, 11) is -4.06. The maximum atomic E-state index is 13.6. The van der Waals surface area contributed by atoms with Crippen LogP contribution in [0.4, 0.5) is 20.3 Å². The minimum atomic E-state index is -4.06. The minimum absolute atomic E-state index is 0.00604. The third-order valence-electron chi connectivity index (χ3n) is 2.31. The maximum absolute atomic E-state index is 13.6. The van der Waals surface area contributed by atoms with Gasteiger partial charge in [-0.1, -0.05) is 0 Å². The third-order valence-corrected chi connectivity index (χ3v) is 4.28. The van der Waals surface area contributed by atoms with Crippen molar-refractivity contribution in [2.75, 3.05) is 10.5 Å². The van der Waals surface area contributed by atoms with E-state index in [9.17, 15) is 17.2 Å². The number of pyridine rings is 1. The number of rotatable bonds is 3. The highest BCUT2D eigenvalue weighted by Crippen LogP contribution is 2.29. The molecule has 2 rings (SSSR count). The van der Waals surface area contributed by atoms with Crippen LogP contribution in [0.2, 0.25) is 0 Å². The van der Waals surface area contributed by atoms with Gasteiger partial charge >= 0.3 is 0 Å². The molecule has 106 valence electrons. The van der Waals surface area contributed by atoms with Gasteiger partial charge in [0.25, 0.3) is 10.0 Å². The van der Waals surface area contributed by atoms with Crippen LogP contribution >= 0.6 is 15.9 Å². The zero-order chi connectivity index (χ0) is 14.9. The van der Waals surface area contributed by atoms with Crippen molar-refractivity contribution >= 4 is 37.5 Å². The average molecular weight is 364 g/mol. The predicted molar refractivity (Wildman–Crippen MR) is 73.5 cm³/mol. The summed E-state index contributed by atoms with van der Waals surface area (Å²) < 4.78 is 52.7. The Morgan fingerprint density at radius 2 is 1.95 bits per heavy atom. The Hall–Kier alpha value is -1.74. The van der Waals surface area contributed by atoms with Crippen molar-refractivity contribution in [1.29, 1.82) is 0 Å². The second kappa shape index (κ2) is 5.33. The summed E-state index contributed by atoms with van der Waals surface area (Å²) in [5, 5.41) is 0. The van der Waals surface area contributed by atoms with Crippen LogP contribution in [-0.4, -0.2) is 13.4 Å². The van der Waals surface area contributed by atoms with Crippen LogP contribution in [0.15, 0.2) is 39.8 Å². The molecule has 1 aromatic carbocycles. The molecule has 0 atom stereocenters. The lowest BCUT2D eigenvalue weighted by Crippen LogP contribution is -2.15. The van der Waals surface area contributed by atoms with E-state index in [1.807, 2.05) is 4.72 Å². The molecule has 5 nitrogen and oxygen atoms in total. The highest BCUT2D eigenvalue weighted by atomic mass is 79.9. The summed E-state index contributed by atoms with van der Waals surface area (Å²) in [6, 6.07) is 3.84. The monoisotopic (exact) mass is 363 g/mol. The van der Waals surface area contributed by atoms with Gasteiger partial charge in [0.15, 0.2) is 5.82 Å². The molecule has 0 spiro atoms. The zero-order valence-electron chi connectivity index (χ0n) is 9.77. The molecule has 3 N–H and O–H groups in total. The Labute approximate surface area is 122 Å². The summed E-state index contributed by atoms with van der Waals surface area (Å²) in [5.41, 5.74) is 5.00. The number of anilines is 2. The van der Waals surface area contributed by atoms with Crippen LogP contribution in [0.3, 0.4) is 0 Å². The van der Waals surface area contributed by atoms with Crippen LogP contribution in [0.25, 0.3) is 0 Å². The van der Waals surface area contributed by atoms with Crippen molar-refractivity contribution in [3.05, 3.63) is 46.6 Å². The lowest BCUT2D eigenvalue weighted by molar-refractivity contribution is 0.581. The van der Waals surface area contributed by atoms with Crippen LogP contribution in [0, 0.1) is 11.6 Å². The van der Waals surface area contributed by atoms with Crippen LogP contribution in [0.1, 0.15) is 0 Å². The van der Waals surface area contributed by atoms with E-state index in [4.69, 9.17) is 5.73 Å². The number of nitrogens with zero attached hydrogens (tertiary/aromatic N) is 1. The van der Waals surface area contributed by atoms with Gasteiger partial charge in [-0.25, -0.2) is 22.2 Å². The van der Waals surface area contributed by atoms with Gasteiger partial charge in [-0.2, -0.15) is 0 Å². The highest BCUT2D eigenvalue weighted by Gasteiger charge is 2.19. The van der Waals surface area contributed by atoms with E-state index < -0.39 is 21.7 Å². The first-order valence-corrected chi connectivity index (χ1v) is 7.46. The van der Waals surface area contributed by atoms with Crippen LogP contribution in [0.5, 0.6) is 0 Å². The Kier molecular flexibility index (Phi) is 3.91. The molecule has 0 radical (unpaired) electrons. The number of hydrogen-bond donors (Lipinski definition) is 2. The highest BCUT2D eigenvalue weighted by molar-refractivity contribution is 9.10. The van der Waals surface area contributed by atoms with E-state index in [1.165, 1.54) is 12.3 Å². The molecule has 0 aliphatic rings. The molecule has 1 aromatic heterocycles. The zero-order valence-corrected chi connectivity index (χ0v) is 12.2. The molecule has 0 saturated carbocycles. The number of nitrogens with two attached hydrogens (primary N) is 1. The Morgan fingerprint density at radius 3 is 2.55 bits per heavy atom. The molecule has 0 unspecified atom stereocenters. The number of sulfonamides is 1. The van der Waals surface area contributed by atoms with Crippen molar-refractivity contribution < 1.29 is 17.2 Å². The smallest absolute Gasteiger partial charge is 0.262 e. The molecule has 0 amide bonds. The van der Waals surface area contributed by atoms with Crippen molar-refractivity contribution in [2.24, 2.45) is 0 Å². The molecular formula is C11H8BrF2N3O2S. The van der Waals surface area contributed by atoms with Crippen LogP contribution < -0.4 is 10.5 Å². The molecule has 0 bridgehead atoms. The minimum Gasteiger partial charge on any atom is -0.384 e. The van der Waals surface area contributed by atoms with Gasteiger partial charge in [0, 0.05) is 22.8 Å². The standard InChI is InChI=1S/C11H8BrF2N3O2S/c12-8-3-6(13)4-9(14)11(8)17-20(18,19)7-1-2-16-10(15)5-7/h1-5,17H,(H2,15,16). The predicted octanol–water partition coefficient (Wildman–Crippen LogP) is 2.51. The Morgan fingerprint density at radius 1 is 1.25 bits per heavy atom. The van der Waals surface area contributed by atoms with E-state index in [-0.39, 0.29) is 20.9 Å². The first-order valence-electron chi connectivity index (χ1n) is 5.18. The summed E-state index contributed by atoms with van der Waals surface area (Å²) in [6.07, 6.45) is 1.21. The van der Waals surface area contributed by atoms with Crippen LogP contribution in [-0.2, 0) is 10.0 Å². The molecule has 0 saturated heterocycles. The molecule has 1 heterocycles. The van der Waals surface area contributed by atoms with E-state index in [1.54, 1.807) is 0 Å². The van der Waals surface area contributed by atoms with Gasteiger partial charge in [0.05, 0.1) is 10.6 Å². The number of hydrogen-bond acceptors (Lipinski definition) is 4. The summed E-state index contributed by atoms with van der Waals surface area (Å²) in [4.78, 5) is 3.48. The van der Waals surface area contributed by atoms with Gasteiger partial charge in [0.2, 0.25) is 0 Å². The number of nitrogens with one attached hydrogen (secondary N) is 1. The molecular weight excluding hydrogens is 356 g/mol. The molecule has 9 heteroatoms. The van der Waals surface area contributed by atoms with Gasteiger partial charge in [-0.15, -0.1) is 0 Å². The first-order chi connectivity index (χ1) is 9.29. The molecule has 2 aromatic rings. The van der Waals surface area contributed by atoms with Gasteiger partial charge in [-0.3, -0.25) is 4.72 Å². The van der Waals surface area contributed by atoms with Gasteiger partial charge in [-0.05, 0) is 28.1 Å². The molecule has 0 aliphatic carbocycles. The fourth-order valence-corrected chi connectivity index (χ4v) is 3.18. The molecule has 0 fully saturated rings. The Balaban J connectivity index is 2.44. The van der Waals surface area contributed by atoms with E-state index >= 15 is 0 Å². The number of nitrogen functional groups attached to an aromatic ring is 1. The summed E-state index contributed by atoms with van der Waals surface area (Å²) >= 11 is 2.89. The average Bonchev–Trinajstić information content (AvgIpc) is 2.34. The lowest BCUT2D eigenvalue weighted by atomic mass is 10.3. The van der Waals surface area contributed by atoms with E-state index in [0.29, 0.717) is 6.07 Å². The number of aromatic nitrogens is 1. The summed E-state index contributed by atoms with van der Waals surface area (Å²) in [5.74, 6) is -1.86. The largest absolute Gasteiger partial charge is 0.384 e. The van der Waals surface area contributed by atoms with E-state index in [0.717, 1.165) is 12.1 Å². The normalized spacial score (nSPS) is 11.3. The number of benzene rings is 1. The third kappa shape index (κ3) is 3.05. The molecule has 0 aliphatic heterocycles. The van der Waals surface area contributed by atoms with Crippen molar-refractivity contribution in [2.45, 2.75) is 4.90 Å². The SMILES string of the molecule is Nc1cc(S(=O)(=O)Nc2c(F)cc(F)cc2Br)ccn1. The van der Waals surface area contributed by atoms with Gasteiger partial charge in [0.1, 0.15) is 11.6 Å². The van der Waals surface area contributed by atoms with Crippen molar-refractivity contribution in [3.63, 3.8) is 0 Å². The first kappa shape index (κ1) is 14.7. The van der Waals surface area contributed by atoms with Gasteiger partial charge < -0.3 is 5.73 Å². The fraction of sp³-hybridized carbons (Fsp3) is 0. The lowest BCUT2D eigenvalue weighted by Gasteiger charge is -2.11. The summed E-state index contributed by atoms with van der Waals surface area (Å²) in [6.45, 7) is 0. The topological polar surface area (TPSA) is 85.1 Å². The second-order valence-electron chi connectivity index (χ2n) is 3.77. The molecule has 20 heavy (non-hydrogen) atoms.